The molecule has 2 aromatic carbocycles. The molecule has 0 radical (unpaired) electrons. The highest BCUT2D eigenvalue weighted by molar-refractivity contribution is 6.32. The highest BCUT2D eigenvalue weighted by atomic mass is 35.5. The lowest BCUT2D eigenvalue weighted by molar-refractivity contribution is 0.317. The van der Waals surface area contributed by atoms with Gasteiger partial charge in [0.2, 0.25) is 0 Å². The van der Waals surface area contributed by atoms with Crippen LogP contribution in [0.5, 0.6) is 5.75 Å². The van der Waals surface area contributed by atoms with Crippen LogP contribution < -0.4 is 10.5 Å². The summed E-state index contributed by atoms with van der Waals surface area (Å²) in [5, 5.41) is 1.40. The van der Waals surface area contributed by atoms with E-state index in [9.17, 15) is 0 Å². The van der Waals surface area contributed by atoms with Crippen LogP contribution in [0.3, 0.4) is 0 Å². The average molecular weight is 338 g/mol. The van der Waals surface area contributed by atoms with Gasteiger partial charge in [0.05, 0.1) is 11.6 Å². The topological polar surface area (TPSA) is 35.2 Å². The van der Waals surface area contributed by atoms with Crippen molar-refractivity contribution in [2.45, 2.75) is 25.7 Å². The Labute approximate surface area is 142 Å². The van der Waals surface area contributed by atoms with E-state index in [0.717, 1.165) is 34.7 Å². The molecule has 2 N–H and O–H groups in total. The zero-order chi connectivity index (χ0) is 15.9. The van der Waals surface area contributed by atoms with E-state index in [1.807, 2.05) is 42.5 Å². The second kappa shape index (κ2) is 8.42. The predicted molar refractivity (Wildman–Crippen MR) is 94.2 cm³/mol. The van der Waals surface area contributed by atoms with E-state index in [-0.39, 0.29) is 5.92 Å². The van der Waals surface area contributed by atoms with E-state index in [1.54, 1.807) is 0 Å². The van der Waals surface area contributed by atoms with Gasteiger partial charge in [0, 0.05) is 10.9 Å². The average Bonchev–Trinajstić information content (AvgIpc) is 2.52. The minimum atomic E-state index is 0.173. The molecular formula is C18H21Cl2NO. The van der Waals surface area contributed by atoms with Crippen molar-refractivity contribution in [3.63, 3.8) is 0 Å². The largest absolute Gasteiger partial charge is 0.492 e. The summed E-state index contributed by atoms with van der Waals surface area (Å²) in [6.45, 7) is 3.28. The number of ether oxygens (including phenoxy) is 1. The molecule has 0 aliphatic rings. The molecule has 0 amide bonds. The van der Waals surface area contributed by atoms with Crippen molar-refractivity contribution in [1.29, 1.82) is 0 Å². The molecule has 2 nitrogen and oxygen atoms in total. The number of nitrogens with two attached hydrogens (primary N) is 1. The van der Waals surface area contributed by atoms with E-state index < -0.39 is 0 Å². The summed E-state index contributed by atoms with van der Waals surface area (Å²) in [6, 6.07) is 13.7. The monoisotopic (exact) mass is 337 g/mol. The second-order valence-corrected chi connectivity index (χ2v) is 6.09. The zero-order valence-electron chi connectivity index (χ0n) is 12.7. The third kappa shape index (κ3) is 4.39. The second-order valence-electron chi connectivity index (χ2n) is 5.27. The van der Waals surface area contributed by atoms with E-state index in [2.05, 4.69) is 6.92 Å². The molecule has 0 spiro atoms. The van der Waals surface area contributed by atoms with Gasteiger partial charge in [-0.2, -0.15) is 0 Å². The fourth-order valence-electron chi connectivity index (χ4n) is 2.41. The van der Waals surface area contributed by atoms with E-state index in [0.29, 0.717) is 18.2 Å². The summed E-state index contributed by atoms with van der Waals surface area (Å²) in [5.41, 5.74) is 8.15. The molecule has 0 aliphatic carbocycles. The maximum atomic E-state index is 6.29. The van der Waals surface area contributed by atoms with Crippen molar-refractivity contribution in [3.8, 4) is 5.75 Å². The van der Waals surface area contributed by atoms with E-state index >= 15 is 0 Å². The number of rotatable bonds is 7. The Hall–Kier alpha value is -1.22. The van der Waals surface area contributed by atoms with Gasteiger partial charge in [0.15, 0.2) is 0 Å². The van der Waals surface area contributed by atoms with Crippen molar-refractivity contribution in [3.05, 3.63) is 63.6 Å². The van der Waals surface area contributed by atoms with Gasteiger partial charge in [-0.3, -0.25) is 0 Å². The summed E-state index contributed by atoms with van der Waals surface area (Å²) < 4.78 is 5.60. The van der Waals surface area contributed by atoms with Gasteiger partial charge in [-0.25, -0.2) is 0 Å². The maximum absolute atomic E-state index is 6.29. The Morgan fingerprint density at radius 1 is 1.09 bits per heavy atom. The number of halogens is 2. The lowest BCUT2D eigenvalue weighted by atomic mass is 9.92. The Morgan fingerprint density at radius 2 is 1.86 bits per heavy atom. The fourth-order valence-corrected chi connectivity index (χ4v) is 2.96. The summed E-state index contributed by atoms with van der Waals surface area (Å²) in [6.07, 6.45) is 1.76. The fraction of sp³-hybridized carbons (Fsp3) is 0.333. The molecule has 0 heterocycles. The molecule has 0 saturated heterocycles. The summed E-state index contributed by atoms with van der Waals surface area (Å²) in [7, 11) is 0. The van der Waals surface area contributed by atoms with Gasteiger partial charge in [0.1, 0.15) is 5.75 Å². The Bertz CT molecular complexity index is 616. The van der Waals surface area contributed by atoms with Gasteiger partial charge >= 0.3 is 0 Å². The van der Waals surface area contributed by atoms with Gasteiger partial charge < -0.3 is 10.5 Å². The molecule has 0 bridgehead atoms. The minimum Gasteiger partial charge on any atom is -0.492 e. The van der Waals surface area contributed by atoms with Gasteiger partial charge in [-0.05, 0) is 48.7 Å². The lowest BCUT2D eigenvalue weighted by Crippen LogP contribution is -2.15. The van der Waals surface area contributed by atoms with Crippen LogP contribution in [0, 0.1) is 0 Å². The van der Waals surface area contributed by atoms with Crippen LogP contribution >= 0.6 is 23.2 Å². The molecule has 22 heavy (non-hydrogen) atoms. The third-order valence-corrected chi connectivity index (χ3v) is 4.21. The molecular weight excluding hydrogens is 317 g/mol. The SMILES string of the molecule is CCCOc1ccc(CC(CN)c2ccccc2Cl)cc1Cl. The molecule has 0 aliphatic heterocycles. The molecule has 0 saturated carbocycles. The van der Waals surface area contributed by atoms with Crippen LogP contribution in [0.15, 0.2) is 42.5 Å². The normalized spacial score (nSPS) is 12.2. The van der Waals surface area contributed by atoms with Crippen LogP contribution in [0.2, 0.25) is 10.0 Å². The van der Waals surface area contributed by atoms with Gasteiger partial charge in [-0.15, -0.1) is 0 Å². The standard InChI is InChI=1S/C18H21Cl2NO/c1-2-9-22-18-8-7-13(11-17(18)20)10-14(12-21)15-5-3-4-6-16(15)19/h3-8,11,14H,2,9-10,12,21H2,1H3. The molecule has 2 aromatic rings. The highest BCUT2D eigenvalue weighted by Gasteiger charge is 2.14. The Morgan fingerprint density at radius 3 is 2.50 bits per heavy atom. The van der Waals surface area contributed by atoms with Crippen LogP contribution in [-0.4, -0.2) is 13.2 Å². The third-order valence-electron chi connectivity index (χ3n) is 3.57. The first-order valence-corrected chi connectivity index (χ1v) is 8.27. The van der Waals surface area contributed by atoms with Crippen LogP contribution in [-0.2, 0) is 6.42 Å². The minimum absolute atomic E-state index is 0.173. The molecule has 1 unspecified atom stereocenters. The van der Waals surface area contributed by atoms with Crippen molar-refractivity contribution in [2.75, 3.05) is 13.2 Å². The predicted octanol–water partition coefficient (Wildman–Crippen LogP) is 5.07. The van der Waals surface area contributed by atoms with E-state index in [1.165, 1.54) is 0 Å². The zero-order valence-corrected chi connectivity index (χ0v) is 14.2. The summed E-state index contributed by atoms with van der Waals surface area (Å²) in [4.78, 5) is 0. The first-order chi connectivity index (χ1) is 10.7. The van der Waals surface area contributed by atoms with Crippen LogP contribution in [0.4, 0.5) is 0 Å². The van der Waals surface area contributed by atoms with Crippen LogP contribution in [0.1, 0.15) is 30.4 Å². The van der Waals surface area contributed by atoms with Gasteiger partial charge in [-0.1, -0.05) is 54.4 Å². The van der Waals surface area contributed by atoms with Crippen molar-refractivity contribution in [1.82, 2.24) is 0 Å². The number of hydrogen-bond donors (Lipinski definition) is 1. The summed E-state index contributed by atoms with van der Waals surface area (Å²) >= 11 is 12.6. The van der Waals surface area contributed by atoms with Crippen molar-refractivity contribution < 1.29 is 4.74 Å². The Kier molecular flexibility index (Phi) is 6.56. The molecule has 0 aromatic heterocycles. The molecule has 118 valence electrons. The first kappa shape index (κ1) is 17.1. The molecule has 1 atom stereocenters. The Balaban J connectivity index is 2.15. The smallest absolute Gasteiger partial charge is 0.137 e. The van der Waals surface area contributed by atoms with E-state index in [4.69, 9.17) is 33.7 Å². The van der Waals surface area contributed by atoms with Gasteiger partial charge in [0.25, 0.3) is 0 Å². The first-order valence-electron chi connectivity index (χ1n) is 7.51. The van der Waals surface area contributed by atoms with Crippen LogP contribution in [0.25, 0.3) is 0 Å². The molecule has 4 heteroatoms. The molecule has 2 rings (SSSR count). The number of hydrogen-bond acceptors (Lipinski definition) is 2. The number of benzene rings is 2. The molecule has 0 fully saturated rings. The summed E-state index contributed by atoms with van der Waals surface area (Å²) in [5.74, 6) is 0.904. The highest BCUT2D eigenvalue weighted by Crippen LogP contribution is 2.30. The van der Waals surface area contributed by atoms with Crippen molar-refractivity contribution >= 4 is 23.2 Å². The lowest BCUT2D eigenvalue weighted by Gasteiger charge is -2.17. The maximum Gasteiger partial charge on any atom is 0.137 e. The quantitative estimate of drug-likeness (QED) is 0.765. The van der Waals surface area contributed by atoms with Crippen molar-refractivity contribution in [2.24, 2.45) is 5.73 Å².